The second kappa shape index (κ2) is 5.61. The van der Waals surface area contributed by atoms with Gasteiger partial charge in [0.25, 0.3) is 0 Å². The molecule has 1 aromatic carbocycles. The number of aldehydes is 1. The first-order valence-electron chi connectivity index (χ1n) is 5.10. The van der Waals surface area contributed by atoms with Gasteiger partial charge >= 0.3 is 0 Å². The predicted octanol–water partition coefficient (Wildman–Crippen LogP) is 2.67. The summed E-state index contributed by atoms with van der Waals surface area (Å²) < 4.78 is 36.9. The van der Waals surface area contributed by atoms with Crippen molar-refractivity contribution in [3.05, 3.63) is 23.3 Å². The molecule has 0 aliphatic carbocycles. The SMILES string of the molecule is COc1c(F)cc(F)c(C(C)CC=O)c1OC. The number of hydrogen-bond acceptors (Lipinski definition) is 3. The molecule has 5 heteroatoms. The van der Waals surface area contributed by atoms with Crippen LogP contribution in [0, 0.1) is 11.6 Å². The van der Waals surface area contributed by atoms with Crippen LogP contribution in [0.25, 0.3) is 0 Å². The topological polar surface area (TPSA) is 35.5 Å². The van der Waals surface area contributed by atoms with Crippen LogP contribution in [0.1, 0.15) is 24.8 Å². The highest BCUT2D eigenvalue weighted by atomic mass is 19.1. The third kappa shape index (κ3) is 2.54. The minimum atomic E-state index is -0.830. The Morgan fingerprint density at radius 2 is 1.82 bits per heavy atom. The molecule has 94 valence electrons. The Hall–Kier alpha value is -1.65. The third-order valence-corrected chi connectivity index (χ3v) is 2.53. The average molecular weight is 244 g/mol. The number of carbonyl (C=O) groups is 1. The van der Waals surface area contributed by atoms with E-state index < -0.39 is 17.6 Å². The number of rotatable bonds is 5. The van der Waals surface area contributed by atoms with Crippen LogP contribution < -0.4 is 9.47 Å². The summed E-state index contributed by atoms with van der Waals surface area (Å²) in [5, 5.41) is 0. The molecule has 1 atom stereocenters. The minimum absolute atomic E-state index is 0.000602. The molecule has 0 spiro atoms. The van der Waals surface area contributed by atoms with Crippen molar-refractivity contribution in [3.63, 3.8) is 0 Å². The quantitative estimate of drug-likeness (QED) is 0.747. The summed E-state index contributed by atoms with van der Waals surface area (Å²) in [4.78, 5) is 10.5. The van der Waals surface area contributed by atoms with Gasteiger partial charge in [-0.1, -0.05) is 6.92 Å². The van der Waals surface area contributed by atoms with Crippen molar-refractivity contribution in [2.45, 2.75) is 19.3 Å². The molecule has 0 saturated carbocycles. The van der Waals surface area contributed by atoms with Gasteiger partial charge in [0.1, 0.15) is 12.1 Å². The first-order valence-corrected chi connectivity index (χ1v) is 5.10. The van der Waals surface area contributed by atoms with Crippen LogP contribution in [-0.4, -0.2) is 20.5 Å². The monoisotopic (exact) mass is 244 g/mol. The molecule has 3 nitrogen and oxygen atoms in total. The average Bonchev–Trinajstić information content (AvgIpc) is 2.28. The zero-order valence-corrected chi connectivity index (χ0v) is 9.92. The van der Waals surface area contributed by atoms with Gasteiger partial charge in [0.15, 0.2) is 17.3 Å². The molecule has 1 rings (SSSR count). The van der Waals surface area contributed by atoms with Crippen LogP contribution in [0.3, 0.4) is 0 Å². The Bertz CT molecular complexity index is 419. The minimum Gasteiger partial charge on any atom is -0.492 e. The first kappa shape index (κ1) is 13.4. The van der Waals surface area contributed by atoms with Gasteiger partial charge in [-0.25, -0.2) is 8.78 Å². The van der Waals surface area contributed by atoms with Crippen molar-refractivity contribution < 1.29 is 23.0 Å². The molecule has 17 heavy (non-hydrogen) atoms. The summed E-state index contributed by atoms with van der Waals surface area (Å²) in [6.45, 7) is 1.66. The lowest BCUT2D eigenvalue weighted by molar-refractivity contribution is -0.108. The highest BCUT2D eigenvalue weighted by molar-refractivity contribution is 5.55. The van der Waals surface area contributed by atoms with Crippen LogP contribution in [-0.2, 0) is 4.79 Å². The molecule has 0 fully saturated rings. The van der Waals surface area contributed by atoms with Crippen LogP contribution >= 0.6 is 0 Å². The Kier molecular flexibility index (Phi) is 4.43. The summed E-state index contributed by atoms with van der Waals surface area (Å²) in [6.07, 6.45) is 0.807. The van der Waals surface area contributed by atoms with Crippen molar-refractivity contribution in [1.82, 2.24) is 0 Å². The molecule has 0 bridgehead atoms. The van der Waals surface area contributed by atoms with Gasteiger partial charge in [0.2, 0.25) is 0 Å². The molecular weight excluding hydrogens is 230 g/mol. The van der Waals surface area contributed by atoms with Crippen LogP contribution in [0.2, 0.25) is 0 Å². The largest absolute Gasteiger partial charge is 0.492 e. The van der Waals surface area contributed by atoms with Crippen LogP contribution in [0.5, 0.6) is 11.5 Å². The summed E-state index contributed by atoms with van der Waals surface area (Å²) in [5.41, 5.74) is 0.151. The van der Waals surface area contributed by atoms with E-state index in [2.05, 4.69) is 0 Å². The zero-order chi connectivity index (χ0) is 13.0. The summed E-state index contributed by atoms with van der Waals surface area (Å²) in [5.74, 6) is -2.13. The second-order valence-electron chi connectivity index (χ2n) is 3.62. The Labute approximate surface area is 98.3 Å². The number of hydrogen-bond donors (Lipinski definition) is 0. The second-order valence-corrected chi connectivity index (χ2v) is 3.62. The van der Waals surface area contributed by atoms with E-state index in [0.29, 0.717) is 6.29 Å². The van der Waals surface area contributed by atoms with E-state index in [1.165, 1.54) is 14.2 Å². The summed E-state index contributed by atoms with van der Waals surface area (Å²) in [7, 11) is 2.57. The summed E-state index contributed by atoms with van der Waals surface area (Å²) in [6, 6.07) is 0.734. The van der Waals surface area contributed by atoms with E-state index in [1.54, 1.807) is 6.92 Å². The maximum atomic E-state index is 13.7. The molecule has 0 aliphatic heterocycles. The smallest absolute Gasteiger partial charge is 0.197 e. The molecule has 0 amide bonds. The van der Waals surface area contributed by atoms with Gasteiger partial charge in [-0.05, 0) is 5.92 Å². The molecule has 0 aromatic heterocycles. The van der Waals surface area contributed by atoms with Gasteiger partial charge in [-0.15, -0.1) is 0 Å². The number of methoxy groups -OCH3 is 2. The van der Waals surface area contributed by atoms with Gasteiger partial charge in [0, 0.05) is 18.1 Å². The first-order chi connectivity index (χ1) is 8.06. The molecule has 0 N–H and O–H groups in total. The van der Waals surface area contributed by atoms with Crippen LogP contribution in [0.4, 0.5) is 8.78 Å². The lowest BCUT2D eigenvalue weighted by Crippen LogP contribution is -2.05. The highest BCUT2D eigenvalue weighted by Crippen LogP contribution is 2.40. The lowest BCUT2D eigenvalue weighted by Gasteiger charge is -2.17. The predicted molar refractivity (Wildman–Crippen MR) is 58.6 cm³/mol. The van der Waals surface area contributed by atoms with Crippen molar-refractivity contribution in [3.8, 4) is 11.5 Å². The van der Waals surface area contributed by atoms with E-state index in [0.717, 1.165) is 6.07 Å². The number of carbonyl (C=O) groups excluding carboxylic acids is 1. The molecule has 1 aromatic rings. The molecule has 0 radical (unpaired) electrons. The molecule has 0 aliphatic rings. The molecular formula is C12H14F2O3. The van der Waals surface area contributed by atoms with Crippen molar-refractivity contribution in [1.29, 1.82) is 0 Å². The van der Waals surface area contributed by atoms with Gasteiger partial charge in [0.05, 0.1) is 14.2 Å². The fourth-order valence-electron chi connectivity index (χ4n) is 1.71. The van der Waals surface area contributed by atoms with Crippen molar-refractivity contribution in [2.24, 2.45) is 0 Å². The summed E-state index contributed by atoms with van der Waals surface area (Å²) >= 11 is 0. The standard InChI is InChI=1S/C12H14F2O3/c1-7(4-5-15)10-8(13)6-9(14)11(16-2)12(10)17-3/h5-7H,4H2,1-3H3. The maximum Gasteiger partial charge on any atom is 0.197 e. The number of halogens is 2. The lowest BCUT2D eigenvalue weighted by atomic mass is 9.96. The fraction of sp³-hybridized carbons (Fsp3) is 0.417. The van der Waals surface area contributed by atoms with Gasteiger partial charge < -0.3 is 14.3 Å². The molecule has 0 heterocycles. The van der Waals surface area contributed by atoms with E-state index >= 15 is 0 Å². The third-order valence-electron chi connectivity index (χ3n) is 2.53. The Morgan fingerprint density at radius 3 is 2.29 bits per heavy atom. The zero-order valence-electron chi connectivity index (χ0n) is 9.92. The van der Waals surface area contributed by atoms with E-state index in [1.807, 2.05) is 0 Å². The molecule has 0 saturated heterocycles. The van der Waals surface area contributed by atoms with E-state index in [9.17, 15) is 13.6 Å². The molecule has 1 unspecified atom stereocenters. The van der Waals surface area contributed by atoms with E-state index in [-0.39, 0.29) is 23.5 Å². The fourth-order valence-corrected chi connectivity index (χ4v) is 1.71. The van der Waals surface area contributed by atoms with Gasteiger partial charge in [-0.3, -0.25) is 0 Å². The number of ether oxygens (including phenoxy) is 2. The van der Waals surface area contributed by atoms with Crippen molar-refractivity contribution in [2.75, 3.05) is 14.2 Å². The Morgan fingerprint density at radius 1 is 1.24 bits per heavy atom. The van der Waals surface area contributed by atoms with E-state index in [4.69, 9.17) is 9.47 Å². The van der Waals surface area contributed by atoms with Crippen molar-refractivity contribution >= 4 is 6.29 Å². The van der Waals surface area contributed by atoms with Gasteiger partial charge in [-0.2, -0.15) is 0 Å². The maximum absolute atomic E-state index is 13.7. The Balaban J connectivity index is 3.41. The highest BCUT2D eigenvalue weighted by Gasteiger charge is 2.23. The van der Waals surface area contributed by atoms with Crippen LogP contribution in [0.15, 0.2) is 6.07 Å². The normalized spacial score (nSPS) is 12.1. The number of benzene rings is 1.